The molecule has 21 heavy (non-hydrogen) atoms. The maximum atomic E-state index is 11.3. The SMILES string of the molecule is CCOc1cc(C=O)c(Sc2ccc(Cl)cc2)cc1OC. The van der Waals surface area contributed by atoms with Crippen molar-refractivity contribution in [3.63, 3.8) is 0 Å². The van der Waals surface area contributed by atoms with Gasteiger partial charge in [0.15, 0.2) is 17.8 Å². The molecule has 0 radical (unpaired) electrons. The number of rotatable bonds is 6. The van der Waals surface area contributed by atoms with E-state index in [4.69, 9.17) is 21.1 Å². The molecule has 0 unspecified atom stereocenters. The van der Waals surface area contributed by atoms with Crippen molar-refractivity contribution in [3.05, 3.63) is 47.0 Å². The Morgan fingerprint density at radius 2 is 1.90 bits per heavy atom. The fourth-order valence-corrected chi connectivity index (χ4v) is 2.84. The normalized spacial score (nSPS) is 10.2. The van der Waals surface area contributed by atoms with Crippen LogP contribution in [0.25, 0.3) is 0 Å². The summed E-state index contributed by atoms with van der Waals surface area (Å²) in [5, 5.41) is 0.680. The lowest BCUT2D eigenvalue weighted by atomic mass is 10.2. The summed E-state index contributed by atoms with van der Waals surface area (Å²) in [5.41, 5.74) is 0.569. The lowest BCUT2D eigenvalue weighted by Crippen LogP contribution is -1.98. The molecule has 2 aromatic carbocycles. The van der Waals surface area contributed by atoms with Gasteiger partial charge in [-0.1, -0.05) is 23.4 Å². The van der Waals surface area contributed by atoms with E-state index in [-0.39, 0.29) is 0 Å². The van der Waals surface area contributed by atoms with Crippen LogP contribution in [-0.2, 0) is 0 Å². The van der Waals surface area contributed by atoms with E-state index in [1.54, 1.807) is 13.2 Å². The van der Waals surface area contributed by atoms with Gasteiger partial charge in [-0.25, -0.2) is 0 Å². The highest BCUT2D eigenvalue weighted by Gasteiger charge is 2.12. The summed E-state index contributed by atoms with van der Waals surface area (Å²) >= 11 is 7.35. The van der Waals surface area contributed by atoms with Gasteiger partial charge in [-0.2, -0.15) is 0 Å². The fraction of sp³-hybridized carbons (Fsp3) is 0.188. The predicted octanol–water partition coefficient (Wildman–Crippen LogP) is 4.71. The zero-order valence-electron chi connectivity index (χ0n) is 11.8. The second-order valence-electron chi connectivity index (χ2n) is 4.15. The van der Waals surface area contributed by atoms with Crippen molar-refractivity contribution in [1.82, 2.24) is 0 Å². The number of ether oxygens (including phenoxy) is 2. The van der Waals surface area contributed by atoms with Gasteiger partial charge in [0.2, 0.25) is 0 Å². The highest BCUT2D eigenvalue weighted by atomic mass is 35.5. The molecule has 0 bridgehead atoms. The van der Waals surface area contributed by atoms with Gasteiger partial charge in [0.05, 0.1) is 13.7 Å². The quantitative estimate of drug-likeness (QED) is 0.721. The van der Waals surface area contributed by atoms with Gasteiger partial charge in [0.1, 0.15) is 0 Å². The number of methoxy groups -OCH3 is 1. The zero-order chi connectivity index (χ0) is 15.2. The van der Waals surface area contributed by atoms with Gasteiger partial charge >= 0.3 is 0 Å². The number of benzene rings is 2. The van der Waals surface area contributed by atoms with Crippen LogP contribution in [0, 0.1) is 0 Å². The molecule has 0 fully saturated rings. The third-order valence-electron chi connectivity index (χ3n) is 2.76. The third-order valence-corrected chi connectivity index (χ3v) is 4.10. The number of halogens is 1. The topological polar surface area (TPSA) is 35.5 Å². The minimum atomic E-state index is 0.512. The van der Waals surface area contributed by atoms with Crippen LogP contribution in [-0.4, -0.2) is 20.0 Å². The lowest BCUT2D eigenvalue weighted by Gasteiger charge is -2.13. The Morgan fingerprint density at radius 3 is 2.48 bits per heavy atom. The van der Waals surface area contributed by atoms with E-state index in [0.717, 1.165) is 16.1 Å². The van der Waals surface area contributed by atoms with Crippen molar-refractivity contribution < 1.29 is 14.3 Å². The molecule has 2 aromatic rings. The van der Waals surface area contributed by atoms with Gasteiger partial charge in [-0.3, -0.25) is 4.79 Å². The van der Waals surface area contributed by atoms with Crippen LogP contribution in [0.5, 0.6) is 11.5 Å². The van der Waals surface area contributed by atoms with Crippen molar-refractivity contribution in [1.29, 1.82) is 0 Å². The number of carbonyl (C=O) groups excluding carboxylic acids is 1. The number of carbonyl (C=O) groups is 1. The number of aldehydes is 1. The van der Waals surface area contributed by atoms with Gasteiger partial charge in [0, 0.05) is 20.4 Å². The summed E-state index contributed by atoms with van der Waals surface area (Å²) in [6, 6.07) is 11.0. The molecule has 0 aliphatic carbocycles. The molecule has 0 spiro atoms. The molecule has 0 saturated carbocycles. The summed E-state index contributed by atoms with van der Waals surface area (Å²) in [6.45, 7) is 2.40. The van der Waals surface area contributed by atoms with Crippen LogP contribution in [0.3, 0.4) is 0 Å². The fourth-order valence-electron chi connectivity index (χ4n) is 1.79. The summed E-state index contributed by atoms with van der Waals surface area (Å²) in [4.78, 5) is 13.1. The van der Waals surface area contributed by atoms with Crippen molar-refractivity contribution in [2.75, 3.05) is 13.7 Å². The van der Waals surface area contributed by atoms with Crippen LogP contribution in [0.15, 0.2) is 46.2 Å². The van der Waals surface area contributed by atoms with E-state index in [1.807, 2.05) is 37.3 Å². The first-order valence-corrected chi connectivity index (χ1v) is 7.60. The van der Waals surface area contributed by atoms with Crippen molar-refractivity contribution in [2.24, 2.45) is 0 Å². The standard InChI is InChI=1S/C16H15ClO3S/c1-3-20-15-8-11(10-18)16(9-14(15)19-2)21-13-6-4-12(17)5-7-13/h4-10H,3H2,1-2H3. The van der Waals surface area contributed by atoms with Crippen molar-refractivity contribution in [3.8, 4) is 11.5 Å². The second-order valence-corrected chi connectivity index (χ2v) is 5.70. The van der Waals surface area contributed by atoms with Crippen LogP contribution in [0.2, 0.25) is 5.02 Å². The van der Waals surface area contributed by atoms with Crippen LogP contribution in [0.1, 0.15) is 17.3 Å². The Hall–Kier alpha value is -1.65. The van der Waals surface area contributed by atoms with E-state index in [2.05, 4.69) is 0 Å². The van der Waals surface area contributed by atoms with Gasteiger partial charge in [-0.05, 0) is 43.3 Å². The molecule has 3 nitrogen and oxygen atoms in total. The first-order chi connectivity index (χ1) is 10.2. The van der Waals surface area contributed by atoms with E-state index in [9.17, 15) is 4.79 Å². The van der Waals surface area contributed by atoms with Gasteiger partial charge < -0.3 is 9.47 Å². The highest BCUT2D eigenvalue weighted by molar-refractivity contribution is 7.99. The summed E-state index contributed by atoms with van der Waals surface area (Å²) in [6.07, 6.45) is 0.820. The van der Waals surface area contributed by atoms with Crippen molar-refractivity contribution >= 4 is 29.6 Å². The van der Waals surface area contributed by atoms with E-state index < -0.39 is 0 Å². The Kier molecular flexibility index (Phi) is 5.53. The maximum absolute atomic E-state index is 11.3. The first-order valence-electron chi connectivity index (χ1n) is 6.41. The summed E-state index contributed by atoms with van der Waals surface area (Å²) < 4.78 is 10.8. The molecular formula is C16H15ClO3S. The largest absolute Gasteiger partial charge is 0.493 e. The van der Waals surface area contributed by atoms with Crippen LogP contribution in [0.4, 0.5) is 0 Å². The molecule has 0 heterocycles. The molecule has 0 aliphatic rings. The molecule has 0 amide bonds. The minimum Gasteiger partial charge on any atom is -0.493 e. The molecule has 0 N–H and O–H groups in total. The third kappa shape index (κ3) is 3.93. The van der Waals surface area contributed by atoms with Crippen LogP contribution >= 0.6 is 23.4 Å². The van der Waals surface area contributed by atoms with E-state index in [0.29, 0.717) is 28.7 Å². The zero-order valence-corrected chi connectivity index (χ0v) is 13.3. The predicted molar refractivity (Wildman–Crippen MR) is 85.1 cm³/mol. The van der Waals surface area contributed by atoms with E-state index >= 15 is 0 Å². The number of hydrogen-bond donors (Lipinski definition) is 0. The molecular weight excluding hydrogens is 308 g/mol. The Balaban J connectivity index is 2.37. The molecule has 0 aromatic heterocycles. The number of hydrogen-bond acceptors (Lipinski definition) is 4. The van der Waals surface area contributed by atoms with Crippen molar-refractivity contribution in [2.45, 2.75) is 16.7 Å². The first kappa shape index (κ1) is 15.7. The minimum absolute atomic E-state index is 0.512. The Morgan fingerprint density at radius 1 is 1.19 bits per heavy atom. The molecule has 0 saturated heterocycles. The summed E-state index contributed by atoms with van der Waals surface area (Å²) in [7, 11) is 1.58. The molecule has 2 rings (SSSR count). The molecule has 0 aliphatic heterocycles. The lowest BCUT2D eigenvalue weighted by molar-refractivity contribution is 0.112. The van der Waals surface area contributed by atoms with Gasteiger partial charge in [-0.15, -0.1) is 0 Å². The molecule has 0 atom stereocenters. The smallest absolute Gasteiger partial charge is 0.161 e. The average molecular weight is 323 g/mol. The summed E-state index contributed by atoms with van der Waals surface area (Å²) in [5.74, 6) is 1.18. The molecule has 110 valence electrons. The Bertz CT molecular complexity index is 626. The van der Waals surface area contributed by atoms with Crippen LogP contribution < -0.4 is 9.47 Å². The Labute approximate surface area is 133 Å². The van der Waals surface area contributed by atoms with E-state index in [1.165, 1.54) is 11.8 Å². The highest BCUT2D eigenvalue weighted by Crippen LogP contribution is 2.38. The average Bonchev–Trinajstić information content (AvgIpc) is 2.50. The molecule has 5 heteroatoms. The monoisotopic (exact) mass is 322 g/mol. The second kappa shape index (κ2) is 7.38. The maximum Gasteiger partial charge on any atom is 0.161 e. The van der Waals surface area contributed by atoms with Gasteiger partial charge in [0.25, 0.3) is 0 Å².